The maximum absolute atomic E-state index is 12.1. The quantitative estimate of drug-likeness (QED) is 0.170. The molecule has 0 spiro atoms. The molecule has 166 valence electrons. The molecule has 1 amide bonds. The Morgan fingerprint density at radius 2 is 1.83 bits per heavy atom. The summed E-state index contributed by atoms with van der Waals surface area (Å²) in [5.41, 5.74) is 0.428. The van der Waals surface area contributed by atoms with Crippen molar-refractivity contribution in [2.75, 3.05) is 12.7 Å². The van der Waals surface area contributed by atoms with Crippen molar-refractivity contribution in [2.45, 2.75) is 56.4 Å². The third kappa shape index (κ3) is 7.18. The molecule has 1 aromatic rings. The van der Waals surface area contributed by atoms with Crippen LogP contribution in [0.5, 0.6) is 5.75 Å². The van der Waals surface area contributed by atoms with E-state index in [4.69, 9.17) is 25.7 Å². The van der Waals surface area contributed by atoms with Gasteiger partial charge >= 0.3 is 0 Å². The van der Waals surface area contributed by atoms with Gasteiger partial charge in [0.25, 0.3) is 5.91 Å². The molecular weight excluding hydrogens is 413 g/mol. The van der Waals surface area contributed by atoms with Crippen LogP contribution in [0.1, 0.15) is 36.0 Å². The first kappa shape index (κ1) is 24.5. The first-order chi connectivity index (χ1) is 14.3. The van der Waals surface area contributed by atoms with E-state index in [9.17, 15) is 20.1 Å². The van der Waals surface area contributed by atoms with E-state index in [-0.39, 0.29) is 18.5 Å². The monoisotopic (exact) mass is 441 g/mol. The van der Waals surface area contributed by atoms with Crippen LogP contribution in [-0.4, -0.2) is 74.4 Å². The van der Waals surface area contributed by atoms with E-state index in [0.717, 1.165) is 12.8 Å². The lowest BCUT2D eigenvalue weighted by Crippen LogP contribution is -2.59. The first-order valence-electron chi connectivity index (χ1n) is 9.66. The molecule has 3 unspecified atom stereocenters. The number of unbranched alkanes of at least 4 members (excludes halogenated alkanes) is 2. The average molecular weight is 441 g/mol. The smallest absolute Gasteiger partial charge is 0.251 e. The number of benzene rings is 1. The van der Waals surface area contributed by atoms with Crippen LogP contribution < -0.4 is 10.1 Å². The number of amides is 1. The van der Waals surface area contributed by atoms with Gasteiger partial charge in [0.15, 0.2) is 8.38 Å². The molecule has 9 nitrogen and oxygen atoms in total. The van der Waals surface area contributed by atoms with Gasteiger partial charge in [0.1, 0.15) is 24.1 Å². The molecule has 1 heterocycles. The van der Waals surface area contributed by atoms with Crippen molar-refractivity contribution in [3.8, 4) is 18.1 Å². The van der Waals surface area contributed by atoms with Crippen molar-refractivity contribution in [3.63, 3.8) is 0 Å². The second-order valence-corrected chi connectivity index (χ2v) is 8.15. The number of aliphatic hydroxyl groups is 3. The number of carbonyl (C=O) groups excluding carboxylic acids is 1. The zero-order valence-corrected chi connectivity index (χ0v) is 17.3. The molecule has 5 atom stereocenters. The van der Waals surface area contributed by atoms with E-state index >= 15 is 0 Å². The molecule has 0 aliphatic carbocycles. The van der Waals surface area contributed by atoms with Crippen molar-refractivity contribution in [2.24, 2.45) is 0 Å². The van der Waals surface area contributed by atoms with Gasteiger partial charge in [-0.25, -0.2) is 0 Å². The third-order valence-corrected chi connectivity index (χ3v) is 5.34. The highest BCUT2D eigenvalue weighted by molar-refractivity contribution is 7.45. The molecule has 10 heteroatoms. The summed E-state index contributed by atoms with van der Waals surface area (Å²) in [7, 11) is -2.17. The summed E-state index contributed by atoms with van der Waals surface area (Å²) >= 11 is 0. The van der Waals surface area contributed by atoms with Crippen molar-refractivity contribution in [1.29, 1.82) is 0 Å². The number of rotatable bonds is 10. The number of carbonyl (C=O) groups is 1. The van der Waals surface area contributed by atoms with Crippen molar-refractivity contribution >= 4 is 14.3 Å². The van der Waals surface area contributed by atoms with Gasteiger partial charge in [-0.1, -0.05) is 0 Å². The van der Waals surface area contributed by atoms with E-state index in [1.807, 2.05) is 0 Å². The van der Waals surface area contributed by atoms with Gasteiger partial charge in [-0.2, -0.15) is 0 Å². The Morgan fingerprint density at radius 3 is 2.47 bits per heavy atom. The highest BCUT2D eigenvalue weighted by Gasteiger charge is 2.44. The molecule has 0 aromatic heterocycles. The number of aliphatic hydroxyl groups excluding tert-OH is 3. The topological polar surface area (TPSA) is 149 Å². The van der Waals surface area contributed by atoms with Crippen LogP contribution in [0, 0.1) is 12.3 Å². The second kappa shape index (κ2) is 12.2. The normalized spacial score (nSPS) is 26.2. The van der Waals surface area contributed by atoms with Crippen LogP contribution in [0.25, 0.3) is 0 Å². The molecule has 0 saturated carbocycles. The SMILES string of the molecule is C#CCCCCNC(=O)c1ccc(O[C@H]2OC(CCP(O)O)[C@@H](O)C(O)C2O)cc1. The summed E-state index contributed by atoms with van der Waals surface area (Å²) in [4.78, 5) is 30.2. The standard InChI is InChI=1S/C20H28NO8P/c1-2-3-4-5-11-21-19(25)13-6-8-14(9-7-13)28-20-18(24)17(23)16(22)15(29-20)10-12-30(26)27/h1,6-9,15-18,20,22-24,26-27H,3-5,10-12H2,(H,21,25)/t15?,16-,17?,18?,20+/m1/s1. The van der Waals surface area contributed by atoms with Crippen LogP contribution in [0.15, 0.2) is 24.3 Å². The second-order valence-electron chi connectivity index (χ2n) is 6.96. The third-order valence-electron chi connectivity index (χ3n) is 4.68. The molecule has 1 fully saturated rings. The zero-order chi connectivity index (χ0) is 22.1. The predicted molar refractivity (Wildman–Crippen MR) is 110 cm³/mol. The minimum absolute atomic E-state index is 0.0147. The fraction of sp³-hybridized carbons (Fsp3) is 0.550. The fourth-order valence-electron chi connectivity index (χ4n) is 2.97. The molecule has 1 aromatic carbocycles. The highest BCUT2D eigenvalue weighted by Crippen LogP contribution is 2.30. The number of ether oxygens (including phenoxy) is 2. The van der Waals surface area contributed by atoms with E-state index in [1.54, 1.807) is 12.1 Å². The van der Waals surface area contributed by atoms with Crippen LogP contribution in [0.2, 0.25) is 0 Å². The van der Waals surface area contributed by atoms with Crippen LogP contribution in [0.3, 0.4) is 0 Å². The van der Waals surface area contributed by atoms with Crippen molar-refractivity contribution < 1.29 is 39.4 Å². The molecule has 1 saturated heterocycles. The Hall–Kier alpha value is -1.76. The number of nitrogens with one attached hydrogen (secondary N) is 1. The summed E-state index contributed by atoms with van der Waals surface area (Å²) in [6.45, 7) is 0.520. The van der Waals surface area contributed by atoms with Crippen molar-refractivity contribution in [1.82, 2.24) is 5.32 Å². The molecular formula is C20H28NO8P. The Kier molecular flexibility index (Phi) is 9.95. The van der Waals surface area contributed by atoms with E-state index in [1.165, 1.54) is 12.1 Å². The van der Waals surface area contributed by atoms with Crippen LogP contribution in [0.4, 0.5) is 0 Å². The number of hydrogen-bond donors (Lipinski definition) is 6. The lowest BCUT2D eigenvalue weighted by Gasteiger charge is -2.40. The number of hydrogen-bond acceptors (Lipinski definition) is 8. The maximum Gasteiger partial charge on any atom is 0.251 e. The Bertz CT molecular complexity index is 708. The van der Waals surface area contributed by atoms with Crippen LogP contribution >= 0.6 is 8.38 Å². The van der Waals surface area contributed by atoms with Gasteiger partial charge in [0.2, 0.25) is 6.29 Å². The van der Waals surface area contributed by atoms with E-state index in [2.05, 4.69) is 11.2 Å². The van der Waals surface area contributed by atoms with Gasteiger partial charge in [-0.15, -0.1) is 12.3 Å². The van der Waals surface area contributed by atoms with Gasteiger partial charge in [-0.05, 0) is 43.5 Å². The van der Waals surface area contributed by atoms with Gasteiger partial charge < -0.3 is 39.9 Å². The molecule has 0 radical (unpaired) electrons. The fourth-order valence-corrected chi connectivity index (χ4v) is 3.46. The minimum atomic E-state index is -2.17. The first-order valence-corrected chi connectivity index (χ1v) is 11.1. The molecule has 6 N–H and O–H groups in total. The van der Waals surface area contributed by atoms with E-state index in [0.29, 0.717) is 24.3 Å². The lowest BCUT2D eigenvalue weighted by molar-refractivity contribution is -0.272. The van der Waals surface area contributed by atoms with Gasteiger partial charge in [0.05, 0.1) is 6.10 Å². The molecule has 2 rings (SSSR count). The lowest BCUT2D eigenvalue weighted by atomic mass is 9.97. The number of terminal acetylenes is 1. The minimum Gasteiger partial charge on any atom is -0.462 e. The Morgan fingerprint density at radius 1 is 1.13 bits per heavy atom. The van der Waals surface area contributed by atoms with Gasteiger partial charge in [0, 0.05) is 24.7 Å². The summed E-state index contributed by atoms with van der Waals surface area (Å²) in [6.07, 6.45) is 0.926. The molecule has 30 heavy (non-hydrogen) atoms. The Balaban J connectivity index is 1.91. The van der Waals surface area contributed by atoms with Crippen molar-refractivity contribution in [3.05, 3.63) is 29.8 Å². The average Bonchev–Trinajstić information content (AvgIpc) is 2.73. The van der Waals surface area contributed by atoms with Crippen LogP contribution in [-0.2, 0) is 4.74 Å². The van der Waals surface area contributed by atoms with E-state index < -0.39 is 39.1 Å². The predicted octanol–water partition coefficient (Wildman–Crippen LogP) is 0.0929. The summed E-state index contributed by atoms with van der Waals surface area (Å²) in [6, 6.07) is 6.15. The summed E-state index contributed by atoms with van der Waals surface area (Å²) < 4.78 is 11.1. The maximum atomic E-state index is 12.1. The summed E-state index contributed by atoms with van der Waals surface area (Å²) in [5.74, 6) is 2.60. The molecule has 0 bridgehead atoms. The summed E-state index contributed by atoms with van der Waals surface area (Å²) in [5, 5.41) is 33.0. The highest BCUT2D eigenvalue weighted by atomic mass is 31.2. The van der Waals surface area contributed by atoms with Gasteiger partial charge in [-0.3, -0.25) is 4.79 Å². The largest absolute Gasteiger partial charge is 0.462 e. The zero-order valence-electron chi connectivity index (χ0n) is 16.4. The molecule has 1 aliphatic heterocycles. The Labute approximate surface area is 176 Å². The molecule has 1 aliphatic rings.